The zero-order valence-corrected chi connectivity index (χ0v) is 10.4. The van der Waals surface area contributed by atoms with Crippen molar-refractivity contribution in [3.63, 3.8) is 0 Å². The first kappa shape index (κ1) is 11.6. The molecule has 0 atom stereocenters. The molecule has 0 heterocycles. The lowest BCUT2D eigenvalue weighted by Gasteiger charge is -2.26. The van der Waals surface area contributed by atoms with Crippen LogP contribution in [-0.2, 0) is 10.2 Å². The standard InChI is InChI=1S/C15H16O2/c1-11-4-5-13(14(10-11)17-3)15(2)8-6-12(16)7-9-15/h4-10H,1-3H3. The van der Waals surface area contributed by atoms with Gasteiger partial charge in [-0.3, -0.25) is 4.79 Å². The molecule has 0 saturated heterocycles. The Hall–Kier alpha value is -1.83. The quantitative estimate of drug-likeness (QED) is 0.778. The molecule has 0 bridgehead atoms. The second-order valence-corrected chi connectivity index (χ2v) is 4.56. The molecule has 0 aliphatic heterocycles. The first-order valence-corrected chi connectivity index (χ1v) is 5.63. The monoisotopic (exact) mass is 228 g/mol. The van der Waals surface area contributed by atoms with E-state index in [0.29, 0.717) is 0 Å². The van der Waals surface area contributed by atoms with E-state index in [-0.39, 0.29) is 11.2 Å². The highest BCUT2D eigenvalue weighted by Gasteiger charge is 2.26. The summed E-state index contributed by atoms with van der Waals surface area (Å²) in [6.07, 6.45) is 7.06. The zero-order valence-electron chi connectivity index (χ0n) is 10.4. The summed E-state index contributed by atoms with van der Waals surface area (Å²) in [4.78, 5) is 11.2. The summed E-state index contributed by atoms with van der Waals surface area (Å²) in [6, 6.07) is 6.12. The van der Waals surface area contributed by atoms with Crippen LogP contribution < -0.4 is 4.74 Å². The largest absolute Gasteiger partial charge is 0.496 e. The summed E-state index contributed by atoms with van der Waals surface area (Å²) >= 11 is 0. The van der Waals surface area contributed by atoms with E-state index in [1.165, 1.54) is 0 Å². The number of ether oxygens (including phenoxy) is 1. The predicted molar refractivity (Wildman–Crippen MR) is 68.4 cm³/mol. The van der Waals surface area contributed by atoms with Gasteiger partial charge in [-0.05, 0) is 37.6 Å². The molecule has 0 fully saturated rings. The fraction of sp³-hybridized carbons (Fsp3) is 0.267. The molecule has 0 unspecified atom stereocenters. The van der Waals surface area contributed by atoms with Crippen LogP contribution in [0, 0.1) is 6.92 Å². The first-order valence-electron chi connectivity index (χ1n) is 5.63. The minimum atomic E-state index is -0.271. The van der Waals surface area contributed by atoms with Crippen molar-refractivity contribution < 1.29 is 9.53 Å². The molecule has 1 aliphatic rings. The topological polar surface area (TPSA) is 26.3 Å². The Kier molecular flexibility index (Phi) is 2.88. The molecule has 88 valence electrons. The highest BCUT2D eigenvalue weighted by atomic mass is 16.5. The molecular formula is C15H16O2. The smallest absolute Gasteiger partial charge is 0.178 e. The number of methoxy groups -OCH3 is 1. The van der Waals surface area contributed by atoms with Crippen molar-refractivity contribution in [3.8, 4) is 5.75 Å². The SMILES string of the molecule is COc1cc(C)ccc1C1(C)C=CC(=O)C=C1. The van der Waals surface area contributed by atoms with Gasteiger partial charge in [-0.2, -0.15) is 0 Å². The molecule has 2 heteroatoms. The van der Waals surface area contributed by atoms with Gasteiger partial charge in [0.05, 0.1) is 7.11 Å². The van der Waals surface area contributed by atoms with E-state index < -0.39 is 0 Å². The second-order valence-electron chi connectivity index (χ2n) is 4.56. The van der Waals surface area contributed by atoms with Crippen molar-refractivity contribution in [1.82, 2.24) is 0 Å². The Morgan fingerprint density at radius 2 is 1.82 bits per heavy atom. The van der Waals surface area contributed by atoms with Crippen LogP contribution in [0.25, 0.3) is 0 Å². The minimum Gasteiger partial charge on any atom is -0.496 e. The molecule has 0 radical (unpaired) electrons. The predicted octanol–water partition coefficient (Wildman–Crippen LogP) is 2.96. The molecular weight excluding hydrogens is 212 g/mol. The van der Waals surface area contributed by atoms with Crippen molar-refractivity contribution in [2.24, 2.45) is 0 Å². The van der Waals surface area contributed by atoms with E-state index in [0.717, 1.165) is 16.9 Å². The Bertz CT molecular complexity index is 494. The van der Waals surface area contributed by atoms with Crippen molar-refractivity contribution in [2.75, 3.05) is 7.11 Å². The lowest BCUT2D eigenvalue weighted by molar-refractivity contribution is -0.110. The molecule has 2 nitrogen and oxygen atoms in total. The van der Waals surface area contributed by atoms with Crippen molar-refractivity contribution in [2.45, 2.75) is 19.3 Å². The average Bonchev–Trinajstić information content (AvgIpc) is 2.33. The molecule has 0 amide bonds. The van der Waals surface area contributed by atoms with Gasteiger partial charge in [-0.1, -0.05) is 24.3 Å². The zero-order chi connectivity index (χ0) is 12.5. The normalized spacial score (nSPS) is 17.2. The maximum Gasteiger partial charge on any atom is 0.178 e. The number of benzene rings is 1. The van der Waals surface area contributed by atoms with Gasteiger partial charge in [0, 0.05) is 11.0 Å². The summed E-state index contributed by atoms with van der Waals surface area (Å²) in [6.45, 7) is 4.10. The lowest BCUT2D eigenvalue weighted by atomic mass is 9.78. The summed E-state index contributed by atoms with van der Waals surface area (Å²) in [7, 11) is 1.67. The van der Waals surface area contributed by atoms with Crippen LogP contribution in [0.15, 0.2) is 42.5 Å². The summed E-state index contributed by atoms with van der Waals surface area (Å²) in [5.41, 5.74) is 1.96. The van der Waals surface area contributed by atoms with Crippen molar-refractivity contribution in [3.05, 3.63) is 53.6 Å². The Morgan fingerprint density at radius 1 is 1.18 bits per heavy atom. The molecule has 2 rings (SSSR count). The van der Waals surface area contributed by atoms with E-state index in [1.54, 1.807) is 19.3 Å². The Balaban J connectivity index is 2.50. The van der Waals surface area contributed by atoms with Gasteiger partial charge in [0.2, 0.25) is 0 Å². The third-order valence-electron chi connectivity index (χ3n) is 3.13. The molecule has 1 aromatic rings. The highest BCUT2D eigenvalue weighted by Crippen LogP contribution is 2.36. The summed E-state index contributed by atoms with van der Waals surface area (Å²) in [5.74, 6) is 0.893. The maximum absolute atomic E-state index is 11.2. The van der Waals surface area contributed by atoms with Crippen LogP contribution in [0.1, 0.15) is 18.1 Å². The van der Waals surface area contributed by atoms with Gasteiger partial charge in [0.25, 0.3) is 0 Å². The van der Waals surface area contributed by atoms with Crippen LogP contribution in [0.3, 0.4) is 0 Å². The van der Waals surface area contributed by atoms with Crippen LogP contribution in [0.5, 0.6) is 5.75 Å². The van der Waals surface area contributed by atoms with Gasteiger partial charge < -0.3 is 4.74 Å². The molecule has 0 spiro atoms. The van der Waals surface area contributed by atoms with Crippen LogP contribution in [0.2, 0.25) is 0 Å². The van der Waals surface area contributed by atoms with Gasteiger partial charge >= 0.3 is 0 Å². The number of rotatable bonds is 2. The first-order chi connectivity index (χ1) is 8.05. The maximum atomic E-state index is 11.2. The van der Waals surface area contributed by atoms with Gasteiger partial charge in [0.1, 0.15) is 5.75 Å². The fourth-order valence-electron chi connectivity index (χ4n) is 2.04. The van der Waals surface area contributed by atoms with Crippen LogP contribution in [-0.4, -0.2) is 12.9 Å². The van der Waals surface area contributed by atoms with E-state index in [4.69, 9.17) is 4.74 Å². The average molecular weight is 228 g/mol. The van der Waals surface area contributed by atoms with Crippen molar-refractivity contribution >= 4 is 5.78 Å². The third-order valence-corrected chi connectivity index (χ3v) is 3.13. The number of hydrogen-bond donors (Lipinski definition) is 0. The van der Waals surface area contributed by atoms with Gasteiger partial charge in [-0.15, -0.1) is 0 Å². The number of allylic oxidation sites excluding steroid dienone is 4. The summed E-state index contributed by atoms with van der Waals surface area (Å²) in [5, 5.41) is 0. The number of aryl methyl sites for hydroxylation is 1. The molecule has 1 aromatic carbocycles. The molecule has 17 heavy (non-hydrogen) atoms. The van der Waals surface area contributed by atoms with E-state index in [9.17, 15) is 4.79 Å². The number of carbonyl (C=O) groups excluding carboxylic acids is 1. The number of carbonyl (C=O) groups is 1. The Labute approximate surface area is 102 Å². The van der Waals surface area contributed by atoms with E-state index in [2.05, 4.69) is 19.1 Å². The molecule has 0 saturated carbocycles. The van der Waals surface area contributed by atoms with Gasteiger partial charge in [-0.25, -0.2) is 0 Å². The molecule has 0 N–H and O–H groups in total. The van der Waals surface area contributed by atoms with Crippen LogP contribution in [0.4, 0.5) is 0 Å². The third kappa shape index (κ3) is 2.16. The minimum absolute atomic E-state index is 0.0357. The van der Waals surface area contributed by atoms with E-state index >= 15 is 0 Å². The van der Waals surface area contributed by atoms with E-state index in [1.807, 2.05) is 25.1 Å². The molecule has 0 aromatic heterocycles. The van der Waals surface area contributed by atoms with Gasteiger partial charge in [0.15, 0.2) is 5.78 Å². The van der Waals surface area contributed by atoms with Crippen LogP contribution >= 0.6 is 0 Å². The highest BCUT2D eigenvalue weighted by molar-refractivity contribution is 6.00. The lowest BCUT2D eigenvalue weighted by Crippen LogP contribution is -2.20. The summed E-state index contributed by atoms with van der Waals surface area (Å²) < 4.78 is 5.42. The second kappa shape index (κ2) is 4.21. The van der Waals surface area contributed by atoms with Crippen molar-refractivity contribution in [1.29, 1.82) is 0 Å². The fourth-order valence-corrected chi connectivity index (χ4v) is 2.04. The molecule has 1 aliphatic carbocycles. The number of hydrogen-bond acceptors (Lipinski definition) is 2. The Morgan fingerprint density at radius 3 is 2.41 bits per heavy atom. The number of ketones is 1.